The Bertz CT molecular complexity index is 224. The summed E-state index contributed by atoms with van der Waals surface area (Å²) in [6.45, 7) is 5.04. The van der Waals surface area contributed by atoms with Gasteiger partial charge in [-0.3, -0.25) is 0 Å². The molecule has 0 nitrogen and oxygen atoms in total. The first-order valence-electron chi connectivity index (χ1n) is 6.05. The number of rotatable bonds is 0. The zero-order valence-corrected chi connectivity index (χ0v) is 8.72. The molecule has 0 radical (unpaired) electrons. The van der Waals surface area contributed by atoms with Gasteiger partial charge >= 0.3 is 0 Å². The average molecular weight is 175 g/mol. The fraction of sp³-hybridized carbons (Fsp3) is 0.923. The fourth-order valence-electron chi connectivity index (χ4n) is 5.87. The first-order valence-corrected chi connectivity index (χ1v) is 6.05. The van der Waals surface area contributed by atoms with Crippen molar-refractivity contribution in [3.63, 3.8) is 0 Å². The van der Waals surface area contributed by atoms with E-state index in [-0.39, 0.29) is 0 Å². The number of hydrogen-bond acceptors (Lipinski definition) is 0. The molecule has 5 atom stereocenters. The van der Waals surface area contributed by atoms with Gasteiger partial charge in [-0.05, 0) is 51.4 Å². The Balaban J connectivity index is 1.83. The standard InChI is InChI=1S/C13H19/c1-13(2)11-8-3-7-4-9(6-8)12(13)10(11)5-7/h7-11H,3-6H2,1-2H3/q+1/t7-,8+,9-,10+,11?/m0/s1. The molecular formula is C13H19+. The Kier molecular flexibility index (Phi) is 1.00. The first kappa shape index (κ1) is 7.20. The molecule has 6 aliphatic rings. The van der Waals surface area contributed by atoms with Gasteiger partial charge in [0.05, 0.1) is 5.92 Å². The molecule has 0 aromatic heterocycles. The van der Waals surface area contributed by atoms with Gasteiger partial charge in [0.1, 0.15) is 23.2 Å². The van der Waals surface area contributed by atoms with Gasteiger partial charge in [0.25, 0.3) is 0 Å². The second-order valence-electron chi connectivity index (χ2n) is 6.58. The Morgan fingerprint density at radius 1 is 1.08 bits per heavy atom. The van der Waals surface area contributed by atoms with Gasteiger partial charge in [0.15, 0.2) is 0 Å². The second kappa shape index (κ2) is 1.81. The molecule has 0 spiro atoms. The van der Waals surface area contributed by atoms with Crippen LogP contribution >= 0.6 is 0 Å². The molecule has 70 valence electrons. The summed E-state index contributed by atoms with van der Waals surface area (Å²) in [4.78, 5) is 0. The normalized spacial score (nSPS) is 59.5. The molecule has 0 aromatic rings. The number of hydrogen-bond donors (Lipinski definition) is 0. The van der Waals surface area contributed by atoms with Crippen molar-refractivity contribution in [3.8, 4) is 0 Å². The van der Waals surface area contributed by atoms with E-state index in [9.17, 15) is 0 Å². The van der Waals surface area contributed by atoms with E-state index in [1.54, 1.807) is 25.7 Å². The third-order valence-corrected chi connectivity index (χ3v) is 5.79. The minimum atomic E-state index is 0.656. The molecule has 6 aliphatic carbocycles. The Hall–Kier alpha value is -0.130. The maximum atomic E-state index is 2.52. The van der Waals surface area contributed by atoms with Crippen LogP contribution in [0, 0.1) is 40.9 Å². The van der Waals surface area contributed by atoms with Crippen LogP contribution in [0.1, 0.15) is 39.5 Å². The zero-order valence-electron chi connectivity index (χ0n) is 8.72. The molecule has 0 saturated heterocycles. The van der Waals surface area contributed by atoms with Crippen LogP contribution in [0.3, 0.4) is 0 Å². The lowest BCUT2D eigenvalue weighted by Gasteiger charge is -2.66. The van der Waals surface area contributed by atoms with Gasteiger partial charge in [0.2, 0.25) is 0 Å². The summed E-state index contributed by atoms with van der Waals surface area (Å²) < 4.78 is 0. The predicted molar refractivity (Wildman–Crippen MR) is 52.9 cm³/mol. The van der Waals surface area contributed by atoms with E-state index in [2.05, 4.69) is 13.8 Å². The maximum absolute atomic E-state index is 2.52. The van der Waals surface area contributed by atoms with Crippen LogP contribution < -0.4 is 0 Å². The van der Waals surface area contributed by atoms with Gasteiger partial charge in [-0.15, -0.1) is 0 Å². The fourth-order valence-corrected chi connectivity index (χ4v) is 5.87. The Morgan fingerprint density at radius 3 is 2.62 bits per heavy atom. The highest BCUT2D eigenvalue weighted by Gasteiger charge is 2.78. The second-order valence-corrected chi connectivity index (χ2v) is 6.58. The lowest BCUT2D eigenvalue weighted by molar-refractivity contribution is -0.167. The van der Waals surface area contributed by atoms with Crippen LogP contribution in [-0.2, 0) is 0 Å². The smallest absolute Gasteiger partial charge is 0.0464 e. The van der Waals surface area contributed by atoms with Crippen molar-refractivity contribution in [2.45, 2.75) is 39.5 Å². The third-order valence-electron chi connectivity index (χ3n) is 5.79. The van der Waals surface area contributed by atoms with Crippen LogP contribution in [0.25, 0.3) is 0 Å². The Morgan fingerprint density at radius 2 is 1.92 bits per heavy atom. The SMILES string of the molecule is CC1(C)[C+]2[C@H]3C[C@@H]4C[C@H](C3)C1[C@H]2C4. The van der Waals surface area contributed by atoms with Crippen molar-refractivity contribution < 1.29 is 0 Å². The van der Waals surface area contributed by atoms with Crippen molar-refractivity contribution in [2.24, 2.45) is 35.0 Å². The van der Waals surface area contributed by atoms with Crippen molar-refractivity contribution in [3.05, 3.63) is 5.92 Å². The van der Waals surface area contributed by atoms with Gasteiger partial charge < -0.3 is 0 Å². The summed E-state index contributed by atoms with van der Waals surface area (Å²) in [5, 5.41) is 0. The highest BCUT2D eigenvalue weighted by atomic mass is 14.7. The van der Waals surface area contributed by atoms with E-state index in [1.807, 2.05) is 5.92 Å². The van der Waals surface area contributed by atoms with Crippen molar-refractivity contribution in [2.75, 3.05) is 0 Å². The summed E-state index contributed by atoms with van der Waals surface area (Å²) >= 11 is 0. The summed E-state index contributed by atoms with van der Waals surface area (Å²) in [5.74, 6) is 7.56. The Labute approximate surface area is 81.1 Å². The molecule has 0 amide bonds. The molecule has 6 bridgehead atoms. The van der Waals surface area contributed by atoms with Crippen molar-refractivity contribution in [1.82, 2.24) is 0 Å². The van der Waals surface area contributed by atoms with Crippen LogP contribution in [0.15, 0.2) is 0 Å². The highest BCUT2D eigenvalue weighted by Crippen LogP contribution is 2.76. The molecule has 6 rings (SSSR count). The minimum absolute atomic E-state index is 0.656. The minimum Gasteiger partial charge on any atom is -0.0464 e. The predicted octanol–water partition coefficient (Wildman–Crippen LogP) is 3.28. The summed E-state index contributed by atoms with van der Waals surface area (Å²) in [6.07, 6.45) is 6.32. The van der Waals surface area contributed by atoms with Crippen LogP contribution in [0.4, 0.5) is 0 Å². The summed E-state index contributed by atoms with van der Waals surface area (Å²) in [5.41, 5.74) is 0.656. The van der Waals surface area contributed by atoms with E-state index in [4.69, 9.17) is 0 Å². The van der Waals surface area contributed by atoms with Crippen LogP contribution in [-0.4, -0.2) is 0 Å². The lowest BCUT2D eigenvalue weighted by Crippen LogP contribution is -2.67. The molecule has 0 N–H and O–H groups in total. The molecule has 0 aromatic carbocycles. The molecule has 6 saturated carbocycles. The molecule has 0 aliphatic heterocycles. The molecule has 13 heavy (non-hydrogen) atoms. The van der Waals surface area contributed by atoms with Gasteiger partial charge in [-0.2, -0.15) is 0 Å². The van der Waals surface area contributed by atoms with E-state index in [0.29, 0.717) is 5.41 Å². The molecule has 1 unspecified atom stereocenters. The van der Waals surface area contributed by atoms with Gasteiger partial charge in [-0.25, -0.2) is 0 Å². The average Bonchev–Trinajstić information content (AvgIpc) is 1.99. The van der Waals surface area contributed by atoms with E-state index >= 15 is 0 Å². The van der Waals surface area contributed by atoms with Crippen molar-refractivity contribution >= 4 is 0 Å². The van der Waals surface area contributed by atoms with Gasteiger partial charge in [-0.1, -0.05) is 0 Å². The summed E-state index contributed by atoms with van der Waals surface area (Å²) in [6, 6.07) is 0. The first-order chi connectivity index (χ1) is 6.18. The molecule has 6 fully saturated rings. The van der Waals surface area contributed by atoms with Gasteiger partial charge in [0, 0.05) is 0 Å². The van der Waals surface area contributed by atoms with E-state index in [1.165, 1.54) is 0 Å². The monoisotopic (exact) mass is 175 g/mol. The van der Waals surface area contributed by atoms with Crippen LogP contribution in [0.5, 0.6) is 0 Å². The zero-order chi connectivity index (χ0) is 8.79. The molecule has 0 heterocycles. The quantitative estimate of drug-likeness (QED) is 0.496. The van der Waals surface area contributed by atoms with Crippen molar-refractivity contribution in [1.29, 1.82) is 0 Å². The lowest BCUT2D eigenvalue weighted by atomic mass is 9.30. The topological polar surface area (TPSA) is 0 Å². The largest absolute Gasteiger partial charge is 0.113 e. The highest BCUT2D eigenvalue weighted by molar-refractivity contribution is 5.32. The molecule has 0 heteroatoms. The summed E-state index contributed by atoms with van der Waals surface area (Å²) in [7, 11) is 0. The maximum Gasteiger partial charge on any atom is 0.113 e. The third kappa shape index (κ3) is 0.601. The van der Waals surface area contributed by atoms with Crippen LogP contribution in [0.2, 0.25) is 0 Å². The molecular weight excluding hydrogens is 156 g/mol. The van der Waals surface area contributed by atoms with E-state index < -0.39 is 0 Å². The van der Waals surface area contributed by atoms with E-state index in [0.717, 1.165) is 29.6 Å².